The van der Waals surface area contributed by atoms with Gasteiger partial charge in [-0.3, -0.25) is 4.79 Å². The molecule has 6 heteroatoms. The molecular weight excluding hydrogens is 232 g/mol. The summed E-state index contributed by atoms with van der Waals surface area (Å²) in [5.41, 5.74) is -0.314. The van der Waals surface area contributed by atoms with Gasteiger partial charge in [0, 0.05) is 4.91 Å². The van der Waals surface area contributed by atoms with Crippen molar-refractivity contribution in [2.75, 3.05) is 0 Å². The van der Waals surface area contributed by atoms with Gasteiger partial charge in [0.05, 0.1) is 10.5 Å². The molecule has 0 aromatic rings. The fourth-order valence-corrected chi connectivity index (χ4v) is 1.72. The highest BCUT2D eigenvalue weighted by molar-refractivity contribution is 7.89. The molecule has 1 unspecified atom stereocenters. The first kappa shape index (κ1) is 10.4. The molecule has 0 N–H and O–H groups in total. The van der Waals surface area contributed by atoms with Crippen molar-refractivity contribution in [2.45, 2.75) is 5.44 Å². The van der Waals surface area contributed by atoms with E-state index in [0.29, 0.717) is 9.81 Å². The molecule has 0 saturated heterocycles. The Morgan fingerprint density at radius 3 is 2.42 bits per heavy atom. The van der Waals surface area contributed by atoms with Crippen LogP contribution in [0.2, 0.25) is 0 Å². The Balaban J connectivity index is 3.17. The van der Waals surface area contributed by atoms with Crippen LogP contribution in [0.25, 0.3) is 0 Å². The van der Waals surface area contributed by atoms with Crippen LogP contribution in [0.3, 0.4) is 0 Å². The van der Waals surface area contributed by atoms with Gasteiger partial charge in [0.15, 0.2) is 10.5 Å². The molecule has 0 amide bonds. The fraction of sp³-hybridized carbons (Fsp3) is 0.167. The molecule has 65 valence electrons. The van der Waals surface area contributed by atoms with E-state index in [9.17, 15) is 4.79 Å². The third kappa shape index (κ3) is 1.81. The number of allylic oxidation sites excluding steroid dienone is 1. The van der Waals surface area contributed by atoms with E-state index in [-0.39, 0.29) is 10.7 Å². The topological polar surface area (TPSA) is 26.3 Å². The molecule has 1 aliphatic heterocycles. The van der Waals surface area contributed by atoms with E-state index in [1.165, 1.54) is 0 Å². The van der Waals surface area contributed by atoms with Gasteiger partial charge in [-0.05, 0) is 0 Å². The SMILES string of the molecule is O=[C]C1=C(S)C(S)OC(S)=C1S. The number of hydrogen-bond donors (Lipinski definition) is 4. The smallest absolute Gasteiger partial charge is 0.235 e. The van der Waals surface area contributed by atoms with Gasteiger partial charge >= 0.3 is 0 Å². The molecule has 0 saturated carbocycles. The summed E-state index contributed by atoms with van der Waals surface area (Å²) in [6.45, 7) is 0. The molecule has 12 heavy (non-hydrogen) atoms. The van der Waals surface area contributed by atoms with Crippen molar-refractivity contribution in [3.63, 3.8) is 0 Å². The van der Waals surface area contributed by atoms with Crippen molar-refractivity contribution in [2.24, 2.45) is 0 Å². The van der Waals surface area contributed by atoms with Crippen molar-refractivity contribution in [1.82, 2.24) is 0 Å². The summed E-state index contributed by atoms with van der Waals surface area (Å²) in [4.78, 5) is 11.2. The fourth-order valence-electron chi connectivity index (χ4n) is 0.670. The highest BCUT2D eigenvalue weighted by atomic mass is 32.1. The second-order valence-corrected chi connectivity index (χ2v) is 3.79. The Bertz CT molecular complexity index is 281. The lowest BCUT2D eigenvalue weighted by atomic mass is 10.2. The normalized spacial score (nSPS) is 24.2. The third-order valence-corrected chi connectivity index (χ3v) is 3.21. The van der Waals surface area contributed by atoms with E-state index >= 15 is 0 Å². The highest BCUT2D eigenvalue weighted by Crippen LogP contribution is 2.35. The molecule has 0 spiro atoms. The lowest BCUT2D eigenvalue weighted by Gasteiger charge is -2.21. The molecule has 1 heterocycles. The minimum Gasteiger partial charge on any atom is -0.468 e. The third-order valence-electron chi connectivity index (χ3n) is 1.25. The van der Waals surface area contributed by atoms with Gasteiger partial charge < -0.3 is 4.74 Å². The first-order valence-electron chi connectivity index (χ1n) is 2.86. The Morgan fingerprint density at radius 1 is 1.33 bits per heavy atom. The average Bonchev–Trinajstić information content (AvgIpc) is 2.02. The average molecular weight is 237 g/mol. The number of carbonyl (C=O) groups excluding carboxylic acids is 1. The Labute approximate surface area is 92.1 Å². The number of hydrogen-bond acceptors (Lipinski definition) is 6. The van der Waals surface area contributed by atoms with Crippen molar-refractivity contribution in [3.8, 4) is 0 Å². The Hall–Kier alpha value is 0.350. The first-order chi connectivity index (χ1) is 5.57. The molecule has 1 radical (unpaired) electrons. The van der Waals surface area contributed by atoms with E-state index in [0.717, 1.165) is 0 Å². The minimum absolute atomic E-state index is 0.248. The van der Waals surface area contributed by atoms with Crippen LogP contribution in [-0.2, 0) is 9.53 Å². The van der Waals surface area contributed by atoms with Gasteiger partial charge in [0.25, 0.3) is 0 Å². The van der Waals surface area contributed by atoms with Crippen LogP contribution in [0.1, 0.15) is 0 Å². The molecular formula is C6H5O2S4. The highest BCUT2D eigenvalue weighted by Gasteiger charge is 2.23. The summed E-state index contributed by atoms with van der Waals surface area (Å²) in [6.07, 6.45) is 1.71. The summed E-state index contributed by atoms with van der Waals surface area (Å²) in [6, 6.07) is 0. The largest absolute Gasteiger partial charge is 0.468 e. The molecule has 1 aliphatic rings. The maximum Gasteiger partial charge on any atom is 0.235 e. The Kier molecular flexibility index (Phi) is 3.51. The molecule has 0 aliphatic carbocycles. The summed E-state index contributed by atoms with van der Waals surface area (Å²) in [5.74, 6) is 0. The zero-order valence-corrected chi connectivity index (χ0v) is 9.26. The van der Waals surface area contributed by atoms with Gasteiger partial charge in [0.1, 0.15) is 0 Å². The second-order valence-electron chi connectivity index (χ2n) is 1.99. The quantitative estimate of drug-likeness (QED) is 0.521. The van der Waals surface area contributed by atoms with Crippen molar-refractivity contribution in [1.29, 1.82) is 0 Å². The molecule has 2 nitrogen and oxygen atoms in total. The van der Waals surface area contributed by atoms with Gasteiger partial charge in [-0.15, -0.1) is 50.5 Å². The van der Waals surface area contributed by atoms with Gasteiger partial charge in [-0.2, -0.15) is 0 Å². The van der Waals surface area contributed by atoms with Crippen LogP contribution in [0, 0.1) is 0 Å². The van der Waals surface area contributed by atoms with E-state index in [1.807, 2.05) is 0 Å². The summed E-state index contributed by atoms with van der Waals surface area (Å²) in [7, 11) is 0. The van der Waals surface area contributed by atoms with Crippen molar-refractivity contribution >= 4 is 56.8 Å². The summed E-state index contributed by atoms with van der Waals surface area (Å²) >= 11 is 16.0. The minimum atomic E-state index is -0.562. The molecule has 0 bridgehead atoms. The predicted octanol–water partition coefficient (Wildman–Crippen LogP) is 1.59. The van der Waals surface area contributed by atoms with Gasteiger partial charge in [0.2, 0.25) is 6.29 Å². The van der Waals surface area contributed by atoms with Crippen molar-refractivity contribution in [3.05, 3.63) is 20.5 Å². The number of rotatable bonds is 1. The van der Waals surface area contributed by atoms with E-state index < -0.39 is 5.44 Å². The maximum atomic E-state index is 10.4. The molecule has 0 aromatic heterocycles. The van der Waals surface area contributed by atoms with Crippen LogP contribution < -0.4 is 0 Å². The van der Waals surface area contributed by atoms with Gasteiger partial charge in [-0.1, -0.05) is 0 Å². The lowest BCUT2D eigenvalue weighted by Crippen LogP contribution is -2.13. The molecule has 0 fully saturated rings. The van der Waals surface area contributed by atoms with E-state index in [4.69, 9.17) is 4.74 Å². The molecule has 1 atom stereocenters. The standard InChI is InChI=1S/C6H5O2S4/c7-1-2-3(9)5(11)8-6(12)4(2)10/h5,9-12H. The first-order valence-corrected chi connectivity index (χ1v) is 4.72. The predicted molar refractivity (Wildman–Crippen MR) is 60.6 cm³/mol. The monoisotopic (exact) mass is 237 g/mol. The molecule has 0 aromatic carbocycles. The zero-order valence-electron chi connectivity index (χ0n) is 5.68. The number of thiol groups is 4. The van der Waals surface area contributed by atoms with Crippen molar-refractivity contribution < 1.29 is 9.53 Å². The van der Waals surface area contributed by atoms with E-state index in [2.05, 4.69) is 50.5 Å². The van der Waals surface area contributed by atoms with Crippen LogP contribution >= 0.6 is 50.5 Å². The van der Waals surface area contributed by atoms with Crippen LogP contribution in [0.15, 0.2) is 20.5 Å². The summed E-state index contributed by atoms with van der Waals surface area (Å²) < 4.78 is 5.06. The Morgan fingerprint density at radius 2 is 1.92 bits per heavy atom. The zero-order chi connectivity index (χ0) is 9.30. The maximum absolute atomic E-state index is 10.4. The lowest BCUT2D eigenvalue weighted by molar-refractivity contribution is 0.243. The van der Waals surface area contributed by atoms with Crippen LogP contribution in [-0.4, -0.2) is 11.7 Å². The molecule has 1 rings (SSSR count). The van der Waals surface area contributed by atoms with E-state index in [1.54, 1.807) is 6.29 Å². The van der Waals surface area contributed by atoms with Gasteiger partial charge in [-0.25, -0.2) is 0 Å². The van der Waals surface area contributed by atoms with Crippen LogP contribution in [0.5, 0.6) is 0 Å². The number of ether oxygens (including phenoxy) is 1. The van der Waals surface area contributed by atoms with Crippen LogP contribution in [0.4, 0.5) is 0 Å². The summed E-state index contributed by atoms with van der Waals surface area (Å²) in [5, 5.41) is 0.259. The second kappa shape index (κ2) is 4.04.